The summed E-state index contributed by atoms with van der Waals surface area (Å²) in [5, 5.41) is 0.340. The Balaban J connectivity index is 1.89. The van der Waals surface area contributed by atoms with Crippen LogP contribution in [0, 0.1) is 17.3 Å². The fraction of sp³-hybridized carbons (Fsp3) is 0.800. The average Bonchev–Trinajstić information content (AvgIpc) is 3.17. The fourth-order valence-corrected chi connectivity index (χ4v) is 10.1. The first kappa shape index (κ1) is 34.7. The number of hydrogen-bond donors (Lipinski definition) is 0. The molecule has 0 saturated heterocycles. The molecule has 0 radical (unpaired) electrons. The highest BCUT2D eigenvalue weighted by molar-refractivity contribution is 6.74. The summed E-state index contributed by atoms with van der Waals surface area (Å²) in [5.41, 5.74) is 1.38. The zero-order valence-corrected chi connectivity index (χ0v) is 30.5. The molecule has 0 aromatic carbocycles. The predicted molar refractivity (Wildman–Crippen MR) is 177 cm³/mol. The minimum Gasteiger partial charge on any atom is -0.414 e. The van der Waals surface area contributed by atoms with Crippen molar-refractivity contribution in [2.75, 3.05) is 0 Å². The Labute approximate surface area is 254 Å². The first-order valence-corrected chi connectivity index (χ1v) is 22.0. The lowest BCUT2D eigenvalue weighted by Crippen LogP contribution is -2.48. The normalized spacial score (nSPS) is 32.7. The van der Waals surface area contributed by atoms with Crippen LogP contribution in [0.2, 0.25) is 36.3 Å². The molecule has 41 heavy (non-hydrogen) atoms. The van der Waals surface area contributed by atoms with Gasteiger partial charge in [0.15, 0.2) is 16.6 Å². The van der Waals surface area contributed by atoms with Crippen molar-refractivity contribution in [3.63, 3.8) is 0 Å². The topological polar surface area (TPSA) is 35.5 Å². The largest absolute Gasteiger partial charge is 0.414 e. The van der Waals surface area contributed by atoms with Gasteiger partial charge in [-0.1, -0.05) is 71.8 Å². The van der Waals surface area contributed by atoms with Crippen molar-refractivity contribution in [2.45, 2.75) is 161 Å². The number of alkyl halides is 1. The van der Waals surface area contributed by atoms with Crippen LogP contribution in [-0.4, -0.2) is 40.8 Å². The Hall–Kier alpha value is -0.826. The van der Waals surface area contributed by atoms with Crippen molar-refractivity contribution in [3.05, 3.63) is 35.5 Å². The van der Waals surface area contributed by atoms with Gasteiger partial charge in [-0.25, -0.2) is 4.39 Å². The summed E-state index contributed by atoms with van der Waals surface area (Å²) in [6.45, 7) is 27.3. The second kappa shape index (κ2) is 12.3. The monoisotopic (exact) mass is 604 g/mol. The van der Waals surface area contributed by atoms with Crippen LogP contribution >= 0.6 is 0 Å². The van der Waals surface area contributed by atoms with E-state index in [9.17, 15) is 4.79 Å². The van der Waals surface area contributed by atoms with Crippen LogP contribution in [0.4, 0.5) is 4.39 Å². The van der Waals surface area contributed by atoms with Crippen LogP contribution in [0.1, 0.15) is 107 Å². The molecule has 3 fully saturated rings. The molecule has 0 aromatic rings. The van der Waals surface area contributed by atoms with Crippen molar-refractivity contribution < 1.29 is 18.0 Å². The summed E-state index contributed by atoms with van der Waals surface area (Å²) >= 11 is 0. The molecule has 0 N–H and O–H groups in total. The molecule has 3 rings (SSSR count). The van der Waals surface area contributed by atoms with E-state index in [1.165, 1.54) is 23.3 Å². The summed E-state index contributed by atoms with van der Waals surface area (Å²) in [4.78, 5) is 10.9. The number of hydrogen-bond acceptors (Lipinski definition) is 3. The number of carbonyl (C=O) groups excluding carboxylic acids is 1. The van der Waals surface area contributed by atoms with Gasteiger partial charge in [0, 0.05) is 5.92 Å². The van der Waals surface area contributed by atoms with E-state index >= 15 is 4.39 Å². The zero-order valence-electron chi connectivity index (χ0n) is 28.5. The van der Waals surface area contributed by atoms with Crippen LogP contribution in [0.3, 0.4) is 0 Å². The van der Waals surface area contributed by atoms with E-state index in [4.69, 9.17) is 8.85 Å². The lowest BCUT2D eigenvalue weighted by atomic mass is 9.60. The van der Waals surface area contributed by atoms with Gasteiger partial charge in [0.25, 0.3) is 0 Å². The van der Waals surface area contributed by atoms with E-state index in [1.54, 1.807) is 6.92 Å². The van der Waals surface area contributed by atoms with E-state index in [-0.39, 0.29) is 33.6 Å². The number of carbonyl (C=O) groups is 1. The minimum atomic E-state index is -1.91. The third kappa shape index (κ3) is 7.83. The first-order chi connectivity index (χ1) is 18.6. The Morgan fingerprint density at radius 2 is 1.41 bits per heavy atom. The smallest absolute Gasteiger partial charge is 0.192 e. The molecule has 234 valence electrons. The molecule has 0 aliphatic heterocycles. The van der Waals surface area contributed by atoms with E-state index < -0.39 is 22.3 Å². The highest BCUT2D eigenvalue weighted by atomic mass is 28.4. The van der Waals surface area contributed by atoms with Crippen molar-refractivity contribution in [2.24, 2.45) is 17.3 Å². The molecule has 3 aliphatic carbocycles. The van der Waals surface area contributed by atoms with Gasteiger partial charge in [0.05, 0.1) is 12.2 Å². The van der Waals surface area contributed by atoms with Crippen molar-refractivity contribution in [1.82, 2.24) is 0 Å². The number of allylic oxidation sites excluding steroid dienone is 5. The molecular formula is C35H61FO3Si2. The lowest BCUT2D eigenvalue weighted by molar-refractivity contribution is -0.104. The molecule has 0 amide bonds. The summed E-state index contributed by atoms with van der Waals surface area (Å²) in [5.74, 6) is 0.340. The van der Waals surface area contributed by atoms with Gasteiger partial charge in [-0.2, -0.15) is 0 Å². The Morgan fingerprint density at radius 1 is 0.878 bits per heavy atom. The highest BCUT2D eigenvalue weighted by Crippen LogP contribution is 2.61. The molecule has 0 unspecified atom stereocenters. The van der Waals surface area contributed by atoms with E-state index in [0.717, 1.165) is 51.4 Å². The second-order valence-corrected chi connectivity index (χ2v) is 26.4. The van der Waals surface area contributed by atoms with Crippen LogP contribution in [0.5, 0.6) is 0 Å². The van der Waals surface area contributed by atoms with Crippen LogP contribution < -0.4 is 0 Å². The van der Waals surface area contributed by atoms with Crippen molar-refractivity contribution in [1.29, 1.82) is 0 Å². The highest BCUT2D eigenvalue weighted by Gasteiger charge is 2.55. The van der Waals surface area contributed by atoms with Gasteiger partial charge in [-0.05, 0) is 118 Å². The molecule has 0 spiro atoms. The summed E-state index contributed by atoms with van der Waals surface area (Å²) in [6.07, 6.45) is 16.7. The molecular weight excluding hydrogens is 544 g/mol. The first-order valence-electron chi connectivity index (χ1n) is 16.2. The second-order valence-electron chi connectivity index (χ2n) is 16.9. The standard InChI is InChI=1S/C35H61FO3Si2/c1-32(2,3)40(9,10)38-28-23-26(24-29(25-28)39-41(11,12)33(4,5)6)16-17-27-15-13-20-34(7)30(27)18-19-31(34)35(8,36)21-14-22-37/h14,16-17,21-22,28-31H,13,15,18-20,23-25H2,1-12H3/t28-,29-,30+,31+,34+,35-/m1/s1. The quantitative estimate of drug-likeness (QED) is 0.157. The molecule has 3 nitrogen and oxygen atoms in total. The van der Waals surface area contributed by atoms with Crippen molar-refractivity contribution >= 4 is 22.9 Å². The summed E-state index contributed by atoms with van der Waals surface area (Å²) < 4.78 is 29.8. The molecule has 0 heterocycles. The molecule has 6 heteroatoms. The van der Waals surface area contributed by atoms with Crippen LogP contribution in [-0.2, 0) is 13.6 Å². The van der Waals surface area contributed by atoms with E-state index in [1.807, 2.05) is 0 Å². The van der Waals surface area contributed by atoms with Gasteiger partial charge < -0.3 is 8.85 Å². The number of fused-ring (bicyclic) bond motifs is 1. The summed E-state index contributed by atoms with van der Waals surface area (Å²) in [6, 6.07) is 0. The maximum absolute atomic E-state index is 15.8. The molecule has 0 bridgehead atoms. The SMILES string of the molecule is CC(C)(C)[Si](C)(C)O[C@@H]1CC(=CC=C2CCC[C@@]3(C)[C@H]2CC[C@@H]3[C@](C)(F)C=CC=O)C[C@@H](O[Si](C)(C)C(C)(C)C)C1. The molecule has 6 atom stereocenters. The minimum absolute atomic E-state index is 0.0630. The van der Waals surface area contributed by atoms with Crippen LogP contribution in [0.25, 0.3) is 0 Å². The Bertz CT molecular complexity index is 989. The number of halogens is 1. The number of aldehydes is 1. The van der Waals surface area contributed by atoms with E-state index in [0.29, 0.717) is 12.2 Å². The Kier molecular flexibility index (Phi) is 10.4. The lowest BCUT2D eigenvalue weighted by Gasteiger charge is -2.45. The Morgan fingerprint density at radius 3 is 1.90 bits per heavy atom. The van der Waals surface area contributed by atoms with Gasteiger partial charge in [-0.3, -0.25) is 4.79 Å². The van der Waals surface area contributed by atoms with Crippen LogP contribution in [0.15, 0.2) is 35.5 Å². The maximum Gasteiger partial charge on any atom is 0.192 e. The van der Waals surface area contributed by atoms with Crippen molar-refractivity contribution in [3.8, 4) is 0 Å². The van der Waals surface area contributed by atoms with Gasteiger partial charge in [0.1, 0.15) is 12.0 Å². The fourth-order valence-electron chi connectivity index (χ4n) is 7.37. The zero-order chi connectivity index (χ0) is 31.1. The molecule has 3 aliphatic rings. The van der Waals surface area contributed by atoms with Gasteiger partial charge in [0.2, 0.25) is 0 Å². The van der Waals surface area contributed by atoms with E-state index in [2.05, 4.69) is 86.8 Å². The van der Waals surface area contributed by atoms with Gasteiger partial charge >= 0.3 is 0 Å². The maximum atomic E-state index is 15.8. The average molecular weight is 605 g/mol. The third-order valence-electron chi connectivity index (χ3n) is 11.7. The summed E-state index contributed by atoms with van der Waals surface area (Å²) in [7, 11) is -3.83. The van der Waals surface area contributed by atoms with Gasteiger partial charge in [-0.15, -0.1) is 0 Å². The molecule has 0 aromatic heterocycles. The molecule has 3 saturated carbocycles. The third-order valence-corrected chi connectivity index (χ3v) is 20.8. The predicted octanol–water partition coefficient (Wildman–Crippen LogP) is 10.5. The number of rotatable bonds is 8.